The average Bonchev–Trinajstić information content (AvgIpc) is 3.10. The van der Waals surface area contributed by atoms with Crippen molar-refractivity contribution in [3.05, 3.63) is 48.5 Å². The number of benzene rings is 1. The molecule has 1 aromatic carbocycles. The Hall–Kier alpha value is -1.29. The predicted molar refractivity (Wildman–Crippen MR) is 113 cm³/mol. The Morgan fingerprint density at radius 2 is 2.12 bits per heavy atom. The van der Waals surface area contributed by atoms with E-state index in [0.717, 1.165) is 44.3 Å². The molecule has 0 saturated heterocycles. The van der Waals surface area contributed by atoms with Gasteiger partial charge in [-0.05, 0) is 31.5 Å². The predicted octanol–water partition coefficient (Wildman–Crippen LogP) is 3.38. The lowest BCUT2D eigenvalue weighted by Gasteiger charge is -2.11. The standard InChI is InChI=1S/C17H24FN5S.HI/c1-2-19-17(20-9-5-12-23-13-6-10-22-23)21-11-14-24-16-8-4-3-7-15(16)18;/h3-4,6-8,10,13H,2,5,9,11-12,14H2,1H3,(H2,19,20,21);1H. The molecule has 0 spiro atoms. The van der Waals surface area contributed by atoms with Crippen molar-refractivity contribution >= 4 is 41.7 Å². The summed E-state index contributed by atoms with van der Waals surface area (Å²) < 4.78 is 15.4. The van der Waals surface area contributed by atoms with Crippen LogP contribution in [0.1, 0.15) is 13.3 Å². The Balaban J connectivity index is 0.00000312. The van der Waals surface area contributed by atoms with Crippen molar-refractivity contribution in [3.8, 4) is 0 Å². The topological polar surface area (TPSA) is 54.2 Å². The number of guanidine groups is 1. The molecule has 1 aromatic heterocycles. The highest BCUT2D eigenvalue weighted by atomic mass is 127. The quantitative estimate of drug-likeness (QED) is 0.191. The third-order valence-corrected chi connectivity index (χ3v) is 4.26. The third-order valence-electron chi connectivity index (χ3n) is 3.21. The van der Waals surface area contributed by atoms with Gasteiger partial charge in [0.25, 0.3) is 0 Å². The van der Waals surface area contributed by atoms with Crippen LogP contribution in [0.15, 0.2) is 52.6 Å². The van der Waals surface area contributed by atoms with Gasteiger partial charge < -0.3 is 10.6 Å². The van der Waals surface area contributed by atoms with E-state index >= 15 is 0 Å². The van der Waals surface area contributed by atoms with Gasteiger partial charge in [-0.2, -0.15) is 5.10 Å². The molecule has 0 aliphatic carbocycles. The summed E-state index contributed by atoms with van der Waals surface area (Å²) in [6.07, 6.45) is 4.66. The molecule has 25 heavy (non-hydrogen) atoms. The van der Waals surface area contributed by atoms with E-state index in [9.17, 15) is 4.39 Å². The van der Waals surface area contributed by atoms with Gasteiger partial charge in [-0.15, -0.1) is 35.7 Å². The summed E-state index contributed by atoms with van der Waals surface area (Å²) in [5.41, 5.74) is 0. The molecule has 2 rings (SSSR count). The molecule has 138 valence electrons. The molecular formula is C17H25FIN5S. The molecule has 0 saturated carbocycles. The molecule has 5 nitrogen and oxygen atoms in total. The highest BCUT2D eigenvalue weighted by molar-refractivity contribution is 14.0. The molecule has 0 aliphatic rings. The van der Waals surface area contributed by atoms with Crippen LogP contribution >= 0.6 is 35.7 Å². The number of nitrogens with one attached hydrogen (secondary N) is 2. The monoisotopic (exact) mass is 477 g/mol. The van der Waals surface area contributed by atoms with Crippen molar-refractivity contribution < 1.29 is 4.39 Å². The zero-order valence-corrected chi connectivity index (χ0v) is 17.5. The third kappa shape index (κ3) is 8.57. The van der Waals surface area contributed by atoms with Gasteiger partial charge in [0.1, 0.15) is 5.82 Å². The lowest BCUT2D eigenvalue weighted by Crippen LogP contribution is -2.38. The number of aliphatic imine (C=N–C) groups is 1. The zero-order valence-electron chi connectivity index (χ0n) is 14.3. The normalized spacial score (nSPS) is 11.0. The van der Waals surface area contributed by atoms with Gasteiger partial charge in [-0.25, -0.2) is 4.39 Å². The minimum Gasteiger partial charge on any atom is -0.357 e. The maximum absolute atomic E-state index is 13.5. The first kappa shape index (κ1) is 21.8. The number of hydrogen-bond donors (Lipinski definition) is 2. The van der Waals surface area contributed by atoms with E-state index in [4.69, 9.17) is 0 Å². The molecule has 8 heteroatoms. The van der Waals surface area contributed by atoms with Crippen LogP contribution in [-0.4, -0.2) is 41.1 Å². The zero-order chi connectivity index (χ0) is 17.0. The smallest absolute Gasteiger partial charge is 0.191 e. The number of hydrogen-bond acceptors (Lipinski definition) is 3. The number of halogens is 2. The van der Waals surface area contributed by atoms with Crippen LogP contribution in [0, 0.1) is 5.82 Å². The number of rotatable bonds is 9. The van der Waals surface area contributed by atoms with Crippen molar-refractivity contribution in [1.29, 1.82) is 0 Å². The summed E-state index contributed by atoms with van der Waals surface area (Å²) in [5.74, 6) is 1.41. The first-order chi connectivity index (χ1) is 11.8. The molecule has 0 amide bonds. The molecule has 1 heterocycles. The fourth-order valence-electron chi connectivity index (χ4n) is 2.09. The Morgan fingerprint density at radius 3 is 2.84 bits per heavy atom. The van der Waals surface area contributed by atoms with Crippen molar-refractivity contribution in [2.75, 3.05) is 25.4 Å². The average molecular weight is 477 g/mol. The van der Waals surface area contributed by atoms with Crippen LogP contribution in [0.5, 0.6) is 0 Å². The number of thioether (sulfide) groups is 1. The summed E-state index contributed by atoms with van der Waals surface area (Å²) in [7, 11) is 0. The van der Waals surface area contributed by atoms with E-state index in [1.165, 1.54) is 17.8 Å². The molecule has 0 bridgehead atoms. The van der Waals surface area contributed by atoms with Gasteiger partial charge in [0.05, 0.1) is 0 Å². The molecule has 0 fully saturated rings. The fraction of sp³-hybridized carbons (Fsp3) is 0.412. The van der Waals surface area contributed by atoms with Gasteiger partial charge in [0, 0.05) is 49.2 Å². The number of aryl methyl sites for hydroxylation is 1. The Bertz CT molecular complexity index is 621. The van der Waals surface area contributed by atoms with Crippen LogP contribution in [0.3, 0.4) is 0 Å². The van der Waals surface area contributed by atoms with Gasteiger partial charge in [0.2, 0.25) is 0 Å². The summed E-state index contributed by atoms with van der Waals surface area (Å²) in [6, 6.07) is 8.76. The van der Waals surface area contributed by atoms with Crippen molar-refractivity contribution in [3.63, 3.8) is 0 Å². The first-order valence-corrected chi connectivity index (χ1v) is 9.15. The molecule has 0 unspecified atom stereocenters. The highest BCUT2D eigenvalue weighted by Gasteiger charge is 2.01. The molecule has 2 N–H and O–H groups in total. The largest absolute Gasteiger partial charge is 0.357 e. The number of aromatic nitrogens is 2. The van der Waals surface area contributed by atoms with Crippen LogP contribution in [0.4, 0.5) is 4.39 Å². The van der Waals surface area contributed by atoms with Crippen molar-refractivity contribution in [1.82, 2.24) is 20.4 Å². The number of nitrogens with zero attached hydrogens (tertiary/aromatic N) is 3. The van der Waals surface area contributed by atoms with Crippen LogP contribution in [-0.2, 0) is 6.54 Å². The van der Waals surface area contributed by atoms with Crippen molar-refractivity contribution in [2.45, 2.75) is 24.8 Å². The van der Waals surface area contributed by atoms with Crippen molar-refractivity contribution in [2.24, 2.45) is 4.99 Å². The lowest BCUT2D eigenvalue weighted by atomic mass is 10.3. The summed E-state index contributed by atoms with van der Waals surface area (Å²) in [6.45, 7) is 5.17. The molecular weight excluding hydrogens is 452 g/mol. The second kappa shape index (κ2) is 13.0. The summed E-state index contributed by atoms with van der Waals surface area (Å²) >= 11 is 1.50. The van der Waals surface area contributed by atoms with E-state index < -0.39 is 0 Å². The van der Waals surface area contributed by atoms with Gasteiger partial charge in [0.15, 0.2) is 5.96 Å². The van der Waals surface area contributed by atoms with Gasteiger partial charge >= 0.3 is 0 Å². The maximum atomic E-state index is 13.5. The Morgan fingerprint density at radius 1 is 1.28 bits per heavy atom. The minimum atomic E-state index is -0.165. The van der Waals surface area contributed by atoms with Gasteiger partial charge in [-0.3, -0.25) is 9.67 Å². The molecule has 0 aliphatic heterocycles. The fourth-order valence-corrected chi connectivity index (χ4v) is 2.90. The molecule has 2 aromatic rings. The highest BCUT2D eigenvalue weighted by Crippen LogP contribution is 2.20. The minimum absolute atomic E-state index is 0. The molecule has 0 radical (unpaired) electrons. The second-order valence-electron chi connectivity index (χ2n) is 5.09. The van der Waals surface area contributed by atoms with Crippen LogP contribution < -0.4 is 10.6 Å². The maximum Gasteiger partial charge on any atom is 0.191 e. The Labute approximate surface area is 169 Å². The van der Waals surface area contributed by atoms with Crippen LogP contribution in [0.25, 0.3) is 0 Å². The van der Waals surface area contributed by atoms with E-state index in [-0.39, 0.29) is 29.8 Å². The van der Waals surface area contributed by atoms with Gasteiger partial charge in [-0.1, -0.05) is 12.1 Å². The SMILES string of the molecule is CCNC(=NCCCn1cccn1)NCCSc1ccccc1F.I. The van der Waals surface area contributed by atoms with E-state index in [1.54, 1.807) is 18.3 Å². The first-order valence-electron chi connectivity index (χ1n) is 8.16. The Kier molecular flexibility index (Phi) is 11.3. The van der Waals surface area contributed by atoms with E-state index in [0.29, 0.717) is 4.90 Å². The second-order valence-corrected chi connectivity index (χ2v) is 6.23. The summed E-state index contributed by atoms with van der Waals surface area (Å²) in [5, 5.41) is 10.7. The molecule has 0 atom stereocenters. The summed E-state index contributed by atoms with van der Waals surface area (Å²) in [4.78, 5) is 5.23. The van der Waals surface area contributed by atoms with E-state index in [1.807, 2.05) is 29.9 Å². The van der Waals surface area contributed by atoms with E-state index in [2.05, 4.69) is 20.7 Å². The van der Waals surface area contributed by atoms with Crippen LogP contribution in [0.2, 0.25) is 0 Å². The lowest BCUT2D eigenvalue weighted by molar-refractivity contribution is 0.584.